The molecule has 0 saturated heterocycles. The van der Waals surface area contributed by atoms with Crippen molar-refractivity contribution < 1.29 is 8.42 Å². The first-order chi connectivity index (χ1) is 8.09. The molecular formula is C13H17NO2S. The maximum absolute atomic E-state index is 12.0. The second-order valence-electron chi connectivity index (χ2n) is 5.08. The summed E-state index contributed by atoms with van der Waals surface area (Å²) in [5.41, 5.74) is 2.13. The summed E-state index contributed by atoms with van der Waals surface area (Å²) in [4.78, 5) is 0. The van der Waals surface area contributed by atoms with Gasteiger partial charge in [0.05, 0.1) is 18.0 Å². The van der Waals surface area contributed by atoms with Crippen molar-refractivity contribution in [3.63, 3.8) is 0 Å². The van der Waals surface area contributed by atoms with Crippen molar-refractivity contribution in [2.24, 2.45) is 0 Å². The van der Waals surface area contributed by atoms with Crippen molar-refractivity contribution in [2.75, 3.05) is 10.6 Å². The zero-order valence-electron chi connectivity index (χ0n) is 9.96. The van der Waals surface area contributed by atoms with E-state index in [4.69, 9.17) is 0 Å². The fourth-order valence-electron chi connectivity index (χ4n) is 3.36. The Morgan fingerprint density at radius 1 is 1.18 bits per heavy atom. The summed E-state index contributed by atoms with van der Waals surface area (Å²) in [6.45, 7) is 0. The minimum absolute atomic E-state index is 0.163. The van der Waals surface area contributed by atoms with E-state index in [2.05, 4.69) is 6.07 Å². The molecule has 2 unspecified atom stereocenters. The second-order valence-corrected chi connectivity index (χ2v) is 6.94. The number of hydrogen-bond acceptors (Lipinski definition) is 2. The van der Waals surface area contributed by atoms with Crippen molar-refractivity contribution in [2.45, 2.75) is 37.6 Å². The molecule has 2 aliphatic rings. The molecule has 1 aliphatic heterocycles. The average molecular weight is 251 g/mol. The highest BCUT2D eigenvalue weighted by Crippen LogP contribution is 2.48. The molecule has 0 N–H and O–H groups in total. The zero-order chi connectivity index (χ0) is 12.0. The molecule has 4 heteroatoms. The molecule has 2 atom stereocenters. The maximum atomic E-state index is 12.0. The number of fused-ring (bicyclic) bond motifs is 3. The lowest BCUT2D eigenvalue weighted by Crippen LogP contribution is -2.39. The van der Waals surface area contributed by atoms with E-state index < -0.39 is 10.0 Å². The van der Waals surface area contributed by atoms with Gasteiger partial charge < -0.3 is 0 Å². The minimum Gasteiger partial charge on any atom is -0.267 e. The summed E-state index contributed by atoms with van der Waals surface area (Å²) in [7, 11) is -3.15. The molecule has 0 amide bonds. The molecular weight excluding hydrogens is 234 g/mol. The van der Waals surface area contributed by atoms with E-state index in [-0.39, 0.29) is 6.04 Å². The molecule has 1 saturated carbocycles. The average Bonchev–Trinajstić information content (AvgIpc) is 2.63. The van der Waals surface area contributed by atoms with Gasteiger partial charge in [-0.25, -0.2) is 8.42 Å². The van der Waals surface area contributed by atoms with Gasteiger partial charge in [0.2, 0.25) is 10.0 Å². The van der Waals surface area contributed by atoms with Crippen LogP contribution in [0.15, 0.2) is 24.3 Å². The second kappa shape index (κ2) is 3.73. The van der Waals surface area contributed by atoms with Gasteiger partial charge in [0.25, 0.3) is 0 Å². The smallest absolute Gasteiger partial charge is 0.232 e. The molecule has 3 nitrogen and oxygen atoms in total. The van der Waals surface area contributed by atoms with Crippen LogP contribution >= 0.6 is 0 Å². The van der Waals surface area contributed by atoms with Crippen molar-refractivity contribution >= 4 is 15.7 Å². The molecule has 1 aromatic rings. The lowest BCUT2D eigenvalue weighted by molar-refractivity contribution is 0.405. The van der Waals surface area contributed by atoms with Crippen LogP contribution in [0.3, 0.4) is 0 Å². The summed E-state index contributed by atoms with van der Waals surface area (Å²) in [5.74, 6) is 0.412. The van der Waals surface area contributed by atoms with Crippen LogP contribution in [0, 0.1) is 0 Å². The molecule has 92 valence electrons. The molecule has 1 aromatic carbocycles. The van der Waals surface area contributed by atoms with Gasteiger partial charge in [-0.05, 0) is 24.5 Å². The maximum Gasteiger partial charge on any atom is 0.232 e. The van der Waals surface area contributed by atoms with Crippen LogP contribution in [0.25, 0.3) is 0 Å². The molecule has 1 aliphatic carbocycles. The first kappa shape index (κ1) is 11.1. The quantitative estimate of drug-likeness (QED) is 0.769. The van der Waals surface area contributed by atoms with E-state index in [9.17, 15) is 8.42 Å². The highest BCUT2D eigenvalue weighted by atomic mass is 32.2. The summed E-state index contributed by atoms with van der Waals surface area (Å²) in [6, 6.07) is 8.12. The van der Waals surface area contributed by atoms with Crippen molar-refractivity contribution in [1.29, 1.82) is 0 Å². The Balaban J connectivity index is 2.15. The van der Waals surface area contributed by atoms with Gasteiger partial charge >= 0.3 is 0 Å². The van der Waals surface area contributed by atoms with Crippen LogP contribution < -0.4 is 4.31 Å². The van der Waals surface area contributed by atoms with Gasteiger partial charge in [0.15, 0.2) is 0 Å². The number of hydrogen-bond donors (Lipinski definition) is 0. The van der Waals surface area contributed by atoms with Crippen LogP contribution in [0.4, 0.5) is 5.69 Å². The van der Waals surface area contributed by atoms with Gasteiger partial charge in [0.1, 0.15) is 0 Å². The van der Waals surface area contributed by atoms with Crippen LogP contribution in [0.1, 0.15) is 37.2 Å². The number of benzene rings is 1. The van der Waals surface area contributed by atoms with Gasteiger partial charge in [-0.3, -0.25) is 4.31 Å². The highest BCUT2D eigenvalue weighted by Gasteiger charge is 2.43. The fraction of sp³-hybridized carbons (Fsp3) is 0.538. The third-order valence-corrected chi connectivity index (χ3v) is 5.14. The standard InChI is InChI=1S/C13H17NO2S/c1-17(15,16)14-12-8-4-2-6-10(12)11-7-3-5-9-13(11)14/h2,4,6,8,11,13H,3,5,7,9H2,1H3. The number of anilines is 1. The summed E-state index contributed by atoms with van der Waals surface area (Å²) in [5, 5.41) is 0. The summed E-state index contributed by atoms with van der Waals surface area (Å²) >= 11 is 0. The van der Waals surface area contributed by atoms with Crippen LogP contribution in [-0.4, -0.2) is 20.7 Å². The summed E-state index contributed by atoms with van der Waals surface area (Å²) in [6.07, 6.45) is 5.79. The minimum atomic E-state index is -3.15. The Kier molecular flexibility index (Phi) is 2.43. The van der Waals surface area contributed by atoms with E-state index >= 15 is 0 Å². The monoisotopic (exact) mass is 251 g/mol. The van der Waals surface area contributed by atoms with Gasteiger partial charge in [-0.2, -0.15) is 0 Å². The Morgan fingerprint density at radius 3 is 2.65 bits per heavy atom. The van der Waals surface area contributed by atoms with Crippen LogP contribution in [0.2, 0.25) is 0 Å². The Labute approximate surface area is 102 Å². The summed E-state index contributed by atoms with van der Waals surface area (Å²) < 4.78 is 25.6. The van der Waals surface area contributed by atoms with Crippen molar-refractivity contribution in [3.8, 4) is 0 Å². The fourth-order valence-corrected chi connectivity index (χ4v) is 4.63. The van der Waals surface area contributed by atoms with Gasteiger partial charge in [-0.1, -0.05) is 31.0 Å². The molecule has 0 spiro atoms. The zero-order valence-corrected chi connectivity index (χ0v) is 10.8. The Hall–Kier alpha value is -1.03. The predicted octanol–water partition coefficient (Wildman–Crippen LogP) is 2.49. The SMILES string of the molecule is CS(=O)(=O)N1c2ccccc2C2CCCCC21. The number of rotatable bonds is 1. The Morgan fingerprint density at radius 2 is 1.88 bits per heavy atom. The van der Waals surface area contributed by atoms with Crippen LogP contribution in [0.5, 0.6) is 0 Å². The largest absolute Gasteiger partial charge is 0.267 e. The molecule has 17 heavy (non-hydrogen) atoms. The first-order valence-electron chi connectivity index (χ1n) is 6.17. The van der Waals surface area contributed by atoms with E-state index in [1.807, 2.05) is 18.2 Å². The lowest BCUT2D eigenvalue weighted by atomic mass is 9.83. The molecule has 0 bridgehead atoms. The van der Waals surface area contributed by atoms with Crippen molar-refractivity contribution in [1.82, 2.24) is 0 Å². The molecule has 1 fully saturated rings. The topological polar surface area (TPSA) is 37.4 Å². The van der Waals surface area contributed by atoms with Gasteiger partial charge in [-0.15, -0.1) is 0 Å². The van der Waals surface area contributed by atoms with E-state index in [1.165, 1.54) is 18.2 Å². The molecule has 0 radical (unpaired) electrons. The molecule has 3 rings (SSSR count). The molecule has 0 aromatic heterocycles. The van der Waals surface area contributed by atoms with Gasteiger partial charge in [0, 0.05) is 5.92 Å². The predicted molar refractivity (Wildman–Crippen MR) is 68.8 cm³/mol. The number of para-hydroxylation sites is 1. The van der Waals surface area contributed by atoms with Crippen molar-refractivity contribution in [3.05, 3.63) is 29.8 Å². The highest BCUT2D eigenvalue weighted by molar-refractivity contribution is 7.92. The number of nitrogens with zero attached hydrogens (tertiary/aromatic N) is 1. The third kappa shape index (κ3) is 1.66. The lowest BCUT2D eigenvalue weighted by Gasteiger charge is -2.31. The van der Waals surface area contributed by atoms with E-state index in [1.54, 1.807) is 4.31 Å². The molecule has 1 heterocycles. The van der Waals surface area contributed by atoms with E-state index in [0.29, 0.717) is 5.92 Å². The Bertz CT molecular complexity index is 538. The number of sulfonamides is 1. The van der Waals surface area contributed by atoms with Crippen LogP contribution in [-0.2, 0) is 10.0 Å². The van der Waals surface area contributed by atoms with E-state index in [0.717, 1.165) is 24.9 Å². The third-order valence-electron chi connectivity index (χ3n) is 3.96. The first-order valence-corrected chi connectivity index (χ1v) is 8.02. The normalized spacial score (nSPS) is 27.7.